The highest BCUT2D eigenvalue weighted by atomic mass is 16.2. The number of aromatic nitrogens is 1. The van der Waals surface area contributed by atoms with Crippen LogP contribution in [0.3, 0.4) is 0 Å². The molecule has 0 saturated carbocycles. The van der Waals surface area contributed by atoms with Gasteiger partial charge in [-0.25, -0.2) is 0 Å². The van der Waals surface area contributed by atoms with Crippen LogP contribution in [0.5, 0.6) is 0 Å². The van der Waals surface area contributed by atoms with Crippen molar-refractivity contribution in [2.24, 2.45) is 0 Å². The second-order valence-electron chi connectivity index (χ2n) is 5.20. The molecular formula is C18H15N3O3. The summed E-state index contributed by atoms with van der Waals surface area (Å²) in [6, 6.07) is 12.6. The van der Waals surface area contributed by atoms with Crippen LogP contribution in [0.4, 0.5) is 0 Å². The maximum Gasteiger partial charge on any atom is 0.280 e. The van der Waals surface area contributed by atoms with E-state index < -0.39 is 5.91 Å². The van der Waals surface area contributed by atoms with Crippen molar-refractivity contribution in [2.45, 2.75) is 0 Å². The highest BCUT2D eigenvalue weighted by Gasteiger charge is 2.36. The van der Waals surface area contributed by atoms with E-state index in [1.807, 2.05) is 30.3 Å². The van der Waals surface area contributed by atoms with Crippen molar-refractivity contribution in [3.63, 3.8) is 0 Å². The van der Waals surface area contributed by atoms with Crippen molar-refractivity contribution in [2.75, 3.05) is 13.1 Å². The van der Waals surface area contributed by atoms with Crippen LogP contribution in [-0.4, -0.2) is 40.7 Å². The van der Waals surface area contributed by atoms with Crippen LogP contribution in [0.25, 0.3) is 6.08 Å². The third-order valence-corrected chi connectivity index (χ3v) is 3.59. The summed E-state index contributed by atoms with van der Waals surface area (Å²) in [6.45, 7) is 0.294. The zero-order valence-corrected chi connectivity index (χ0v) is 12.8. The standard InChI is InChI=1S/C18H15N3O3/c22-15(9-8-13-5-2-1-3-6-13)19-11-12-21-17(23)14-7-4-10-20-16(14)18(21)24/h1-10H,11-12H2,(H,19,22)/b9-8+. The lowest BCUT2D eigenvalue weighted by molar-refractivity contribution is -0.116. The molecule has 6 heteroatoms. The molecule has 1 aromatic carbocycles. The first-order valence-electron chi connectivity index (χ1n) is 7.49. The Hall–Kier alpha value is -3.28. The van der Waals surface area contributed by atoms with Gasteiger partial charge in [0.05, 0.1) is 5.56 Å². The molecule has 6 nitrogen and oxygen atoms in total. The third-order valence-electron chi connectivity index (χ3n) is 3.59. The van der Waals surface area contributed by atoms with Crippen molar-refractivity contribution >= 4 is 23.8 Å². The Labute approximate surface area is 138 Å². The minimum absolute atomic E-state index is 0.110. The molecule has 24 heavy (non-hydrogen) atoms. The Kier molecular flexibility index (Phi) is 4.47. The number of fused-ring (bicyclic) bond motifs is 1. The summed E-state index contributed by atoms with van der Waals surface area (Å²) < 4.78 is 0. The molecule has 0 unspecified atom stereocenters. The number of amides is 3. The van der Waals surface area contributed by atoms with Gasteiger partial charge in [-0.3, -0.25) is 24.3 Å². The van der Waals surface area contributed by atoms with E-state index in [0.29, 0.717) is 5.56 Å². The van der Waals surface area contributed by atoms with Gasteiger partial charge in [0, 0.05) is 25.4 Å². The summed E-state index contributed by atoms with van der Waals surface area (Å²) >= 11 is 0. The summed E-state index contributed by atoms with van der Waals surface area (Å²) in [4.78, 5) is 41.0. The first-order valence-corrected chi connectivity index (χ1v) is 7.49. The second-order valence-corrected chi connectivity index (χ2v) is 5.20. The SMILES string of the molecule is O=C(/C=C/c1ccccc1)NCCN1C(=O)c2cccnc2C1=O. The van der Waals surface area contributed by atoms with Crippen LogP contribution in [0, 0.1) is 0 Å². The molecule has 120 valence electrons. The molecule has 0 atom stereocenters. The van der Waals surface area contributed by atoms with Gasteiger partial charge in [-0.2, -0.15) is 0 Å². The van der Waals surface area contributed by atoms with Crippen molar-refractivity contribution in [1.82, 2.24) is 15.2 Å². The predicted molar refractivity (Wildman–Crippen MR) is 88.1 cm³/mol. The van der Waals surface area contributed by atoms with E-state index >= 15 is 0 Å². The quantitative estimate of drug-likeness (QED) is 0.669. The van der Waals surface area contributed by atoms with Gasteiger partial charge >= 0.3 is 0 Å². The normalized spacial score (nSPS) is 13.4. The minimum Gasteiger partial charge on any atom is -0.351 e. The smallest absolute Gasteiger partial charge is 0.280 e. The number of imide groups is 1. The molecule has 1 aliphatic heterocycles. The van der Waals surface area contributed by atoms with Crippen molar-refractivity contribution < 1.29 is 14.4 Å². The van der Waals surface area contributed by atoms with Gasteiger partial charge in [0.1, 0.15) is 5.69 Å². The number of benzene rings is 1. The molecule has 0 saturated heterocycles. The first kappa shape index (κ1) is 15.6. The molecule has 2 aromatic rings. The maximum atomic E-state index is 12.1. The average Bonchev–Trinajstić information content (AvgIpc) is 2.86. The molecule has 0 fully saturated rings. The molecular weight excluding hydrogens is 306 g/mol. The monoisotopic (exact) mass is 321 g/mol. The molecule has 0 radical (unpaired) electrons. The Balaban J connectivity index is 1.52. The molecule has 3 rings (SSSR count). The molecule has 2 heterocycles. The van der Waals surface area contributed by atoms with E-state index in [-0.39, 0.29) is 30.6 Å². The van der Waals surface area contributed by atoms with E-state index in [2.05, 4.69) is 10.3 Å². The number of carbonyl (C=O) groups is 3. The lowest BCUT2D eigenvalue weighted by Gasteiger charge is -2.13. The molecule has 1 aromatic heterocycles. The Morgan fingerprint density at radius 1 is 1.08 bits per heavy atom. The van der Waals surface area contributed by atoms with E-state index in [4.69, 9.17) is 0 Å². The lowest BCUT2D eigenvalue weighted by atomic mass is 10.2. The van der Waals surface area contributed by atoms with Crippen molar-refractivity contribution in [3.8, 4) is 0 Å². The Morgan fingerprint density at radius 2 is 1.88 bits per heavy atom. The first-order chi connectivity index (χ1) is 11.7. The summed E-state index contributed by atoms with van der Waals surface area (Å²) in [6.07, 6.45) is 4.59. The molecule has 1 aliphatic rings. The molecule has 0 spiro atoms. The Bertz CT molecular complexity index is 780. The molecule has 1 N–H and O–H groups in total. The molecule has 0 bridgehead atoms. The van der Waals surface area contributed by atoms with Crippen molar-refractivity contribution in [1.29, 1.82) is 0 Å². The summed E-state index contributed by atoms with van der Waals surface area (Å²) in [5.74, 6) is -1.09. The van der Waals surface area contributed by atoms with Gasteiger partial charge in [0.2, 0.25) is 5.91 Å². The van der Waals surface area contributed by atoms with Crippen LogP contribution < -0.4 is 5.32 Å². The van der Waals surface area contributed by atoms with Crippen LogP contribution >= 0.6 is 0 Å². The summed E-state index contributed by atoms with van der Waals surface area (Å²) in [5.41, 5.74) is 1.38. The van der Waals surface area contributed by atoms with Gasteiger partial charge in [0.25, 0.3) is 11.8 Å². The Morgan fingerprint density at radius 3 is 2.62 bits per heavy atom. The maximum absolute atomic E-state index is 12.1. The highest BCUT2D eigenvalue weighted by molar-refractivity contribution is 6.20. The minimum atomic E-state index is -0.426. The average molecular weight is 321 g/mol. The third kappa shape index (κ3) is 3.22. The van der Waals surface area contributed by atoms with Gasteiger partial charge in [-0.05, 0) is 23.8 Å². The van der Waals surface area contributed by atoms with E-state index in [0.717, 1.165) is 10.5 Å². The highest BCUT2D eigenvalue weighted by Crippen LogP contribution is 2.19. The number of pyridine rings is 1. The van der Waals surface area contributed by atoms with E-state index in [1.54, 1.807) is 18.2 Å². The zero-order valence-electron chi connectivity index (χ0n) is 12.8. The molecule has 3 amide bonds. The fourth-order valence-electron chi connectivity index (χ4n) is 2.40. The van der Waals surface area contributed by atoms with Crippen LogP contribution in [0.15, 0.2) is 54.7 Å². The number of carbonyl (C=O) groups excluding carboxylic acids is 3. The van der Waals surface area contributed by atoms with Crippen LogP contribution in [0.1, 0.15) is 26.4 Å². The van der Waals surface area contributed by atoms with E-state index in [1.165, 1.54) is 12.3 Å². The van der Waals surface area contributed by atoms with Gasteiger partial charge in [-0.1, -0.05) is 30.3 Å². The second kappa shape index (κ2) is 6.87. The number of rotatable bonds is 5. The van der Waals surface area contributed by atoms with Gasteiger partial charge < -0.3 is 5.32 Å². The summed E-state index contributed by atoms with van der Waals surface area (Å²) in [5, 5.41) is 2.66. The van der Waals surface area contributed by atoms with Crippen molar-refractivity contribution in [3.05, 3.63) is 71.6 Å². The predicted octanol–water partition coefficient (Wildman–Crippen LogP) is 1.51. The largest absolute Gasteiger partial charge is 0.351 e. The fourth-order valence-corrected chi connectivity index (χ4v) is 2.40. The summed E-state index contributed by atoms with van der Waals surface area (Å²) in [7, 11) is 0. The molecule has 0 aliphatic carbocycles. The fraction of sp³-hybridized carbons (Fsp3) is 0.111. The lowest BCUT2D eigenvalue weighted by Crippen LogP contribution is -2.37. The number of hydrogen-bond donors (Lipinski definition) is 1. The van der Waals surface area contributed by atoms with E-state index in [9.17, 15) is 14.4 Å². The van der Waals surface area contributed by atoms with Gasteiger partial charge in [-0.15, -0.1) is 0 Å². The number of hydrogen-bond acceptors (Lipinski definition) is 4. The topological polar surface area (TPSA) is 79.4 Å². The number of nitrogens with zero attached hydrogens (tertiary/aromatic N) is 2. The van der Waals surface area contributed by atoms with Gasteiger partial charge in [0.15, 0.2) is 0 Å². The zero-order chi connectivity index (χ0) is 16.9. The van der Waals surface area contributed by atoms with Crippen LogP contribution in [-0.2, 0) is 4.79 Å². The number of nitrogens with one attached hydrogen (secondary N) is 1. The van der Waals surface area contributed by atoms with Crippen LogP contribution in [0.2, 0.25) is 0 Å².